The number of fused-ring (bicyclic) bond motifs is 3. The van der Waals surface area contributed by atoms with E-state index in [2.05, 4.69) is 35.6 Å². The first-order valence-electron chi connectivity index (χ1n) is 19.7. The maximum Gasteiger partial charge on any atom is 0.407 e. The number of aliphatic hydroxyl groups is 1. The van der Waals surface area contributed by atoms with Gasteiger partial charge < -0.3 is 38.9 Å². The predicted octanol–water partition coefficient (Wildman–Crippen LogP) is 5.78. The third-order valence-electron chi connectivity index (χ3n) is 9.58. The molecule has 17 heteroatoms. The number of isocyanates is 2. The van der Waals surface area contributed by atoms with E-state index in [1.165, 1.54) is 12.2 Å². The van der Waals surface area contributed by atoms with Crippen LogP contribution in [-0.4, -0.2) is 84.3 Å². The maximum absolute atomic E-state index is 11.9. The van der Waals surface area contributed by atoms with Crippen molar-refractivity contribution in [3.63, 3.8) is 0 Å². The normalized spacial score (nSPS) is 17.1. The molecule has 0 fully saturated rings. The molecule has 300 valence electrons. The van der Waals surface area contributed by atoms with Crippen molar-refractivity contribution in [1.29, 1.82) is 0 Å². The Morgan fingerprint density at radius 1 is 0.618 bits per heavy atom. The lowest BCUT2D eigenvalue weighted by Crippen LogP contribution is -2.26. The third kappa shape index (κ3) is 15.3. The zero-order valence-electron chi connectivity index (χ0n) is 31.7. The molecule has 3 N–H and O–H groups in total. The van der Waals surface area contributed by atoms with Gasteiger partial charge in [0.2, 0.25) is 12.2 Å². The Morgan fingerprint density at radius 2 is 1.00 bits per heavy atom. The first-order chi connectivity index (χ1) is 27.0. The number of amides is 2. The lowest BCUT2D eigenvalue weighted by molar-refractivity contribution is 0.0953. The van der Waals surface area contributed by atoms with Gasteiger partial charge in [0.15, 0.2) is 12.2 Å². The highest BCUT2D eigenvalue weighted by atomic mass is 16.6. The molecular formula is C38H56N10O7. The molecule has 0 spiro atoms. The van der Waals surface area contributed by atoms with Crippen molar-refractivity contribution in [2.45, 2.75) is 134 Å². The second-order valence-electron chi connectivity index (χ2n) is 13.6. The number of ether oxygens (including phenoxy) is 2. The molecule has 6 rings (SSSR count). The second-order valence-corrected chi connectivity index (χ2v) is 13.6. The topological polar surface area (TPSA) is 209 Å². The van der Waals surface area contributed by atoms with E-state index >= 15 is 0 Å². The van der Waals surface area contributed by atoms with Gasteiger partial charge in [-0.2, -0.15) is 0 Å². The Labute approximate surface area is 322 Å². The van der Waals surface area contributed by atoms with Crippen LogP contribution in [0.15, 0.2) is 47.2 Å². The van der Waals surface area contributed by atoms with Gasteiger partial charge in [0.25, 0.3) is 0 Å². The summed E-state index contributed by atoms with van der Waals surface area (Å²) < 4.78 is 16.9. The predicted molar refractivity (Wildman–Crippen MR) is 201 cm³/mol. The number of carbonyl (C=O) groups excluding carboxylic acids is 4. The number of imidazole rings is 3. The quantitative estimate of drug-likeness (QED) is 0.0717. The van der Waals surface area contributed by atoms with Crippen LogP contribution in [0.3, 0.4) is 0 Å². The molecule has 55 heavy (non-hydrogen) atoms. The van der Waals surface area contributed by atoms with Crippen molar-refractivity contribution in [3.8, 4) is 0 Å². The summed E-state index contributed by atoms with van der Waals surface area (Å²) in [7, 11) is 0. The van der Waals surface area contributed by atoms with Crippen LogP contribution in [0.25, 0.3) is 0 Å². The number of aliphatic hydroxyl groups excluding tert-OH is 1. The van der Waals surface area contributed by atoms with Gasteiger partial charge in [-0.3, -0.25) is 0 Å². The lowest BCUT2D eigenvalue weighted by Gasteiger charge is -2.12. The fraction of sp³-hybridized carbons (Fsp3) is 0.658. The van der Waals surface area contributed by atoms with Gasteiger partial charge >= 0.3 is 12.2 Å². The number of unbranched alkanes of at least 4 members (excludes halogenated alkanes) is 10. The van der Waals surface area contributed by atoms with Gasteiger partial charge in [0.05, 0.1) is 13.1 Å². The lowest BCUT2D eigenvalue weighted by atomic mass is 10.1. The molecule has 6 heterocycles. The average molecular weight is 765 g/mol. The van der Waals surface area contributed by atoms with Crippen molar-refractivity contribution in [2.75, 3.05) is 26.2 Å². The maximum atomic E-state index is 11.9. The van der Waals surface area contributed by atoms with Crippen molar-refractivity contribution < 1.29 is 33.8 Å². The van der Waals surface area contributed by atoms with E-state index in [0.717, 1.165) is 133 Å². The molecule has 3 aromatic heterocycles. The first kappa shape index (κ1) is 42.6. The number of hydrogen-bond acceptors (Lipinski definition) is 12. The molecule has 17 nitrogen and oxygen atoms in total. The molecule has 0 radical (unpaired) electrons. The van der Waals surface area contributed by atoms with Gasteiger partial charge in [-0.25, -0.2) is 44.1 Å². The zero-order chi connectivity index (χ0) is 38.9. The number of hydrogen-bond donors (Lipinski definition) is 3. The summed E-state index contributed by atoms with van der Waals surface area (Å²) in [4.78, 5) is 62.7. The summed E-state index contributed by atoms with van der Waals surface area (Å²) in [6.07, 6.45) is 27.4. The van der Waals surface area contributed by atoms with E-state index in [1.54, 1.807) is 18.6 Å². The van der Waals surface area contributed by atoms with Crippen molar-refractivity contribution >= 4 is 24.3 Å². The molecule has 0 bridgehead atoms. The molecule has 0 aliphatic carbocycles. The smallest absolute Gasteiger partial charge is 0.407 e. The van der Waals surface area contributed by atoms with Gasteiger partial charge in [-0.15, -0.1) is 0 Å². The Balaban J connectivity index is 0.000000239. The molecule has 0 saturated carbocycles. The minimum atomic E-state index is -0.369. The van der Waals surface area contributed by atoms with Crippen LogP contribution in [0.2, 0.25) is 0 Å². The van der Waals surface area contributed by atoms with Crippen molar-refractivity contribution in [3.05, 3.63) is 54.7 Å². The molecule has 2 amide bonds. The zero-order valence-corrected chi connectivity index (χ0v) is 31.7. The highest BCUT2D eigenvalue weighted by Crippen LogP contribution is 2.28. The first-order valence-corrected chi connectivity index (χ1v) is 19.7. The van der Waals surface area contributed by atoms with E-state index in [9.17, 15) is 24.3 Å². The number of alkyl carbamates (subject to hydrolysis) is 2. The summed E-state index contributed by atoms with van der Waals surface area (Å²) in [5, 5.41) is 14.8. The highest BCUT2D eigenvalue weighted by Gasteiger charge is 2.28. The Bertz CT molecular complexity index is 1560. The summed E-state index contributed by atoms with van der Waals surface area (Å²) in [6, 6.07) is 0. The summed E-state index contributed by atoms with van der Waals surface area (Å²) in [6.45, 7) is 5.03. The van der Waals surface area contributed by atoms with Crippen molar-refractivity contribution in [1.82, 2.24) is 39.3 Å². The minimum Gasteiger partial charge on any atom is -0.438 e. The van der Waals surface area contributed by atoms with E-state index in [-0.39, 0.29) is 30.5 Å². The van der Waals surface area contributed by atoms with E-state index in [0.29, 0.717) is 26.2 Å². The van der Waals surface area contributed by atoms with Crippen LogP contribution in [0.4, 0.5) is 9.59 Å². The van der Waals surface area contributed by atoms with Gasteiger partial charge in [-0.1, -0.05) is 51.4 Å². The van der Waals surface area contributed by atoms with Crippen LogP contribution in [0.5, 0.6) is 0 Å². The summed E-state index contributed by atoms with van der Waals surface area (Å²) in [5.41, 5.74) is 0. The second kappa shape index (κ2) is 25.1. The highest BCUT2D eigenvalue weighted by molar-refractivity contribution is 5.67. The van der Waals surface area contributed by atoms with Crippen LogP contribution >= 0.6 is 0 Å². The number of aliphatic imine (C=N–C) groups is 2. The molecule has 3 aliphatic heterocycles. The van der Waals surface area contributed by atoms with Crippen LogP contribution < -0.4 is 10.6 Å². The SMILES string of the molecule is O=C(NCCCCCCCCNC(=O)O[C@@H]1CCn2ccnc21)O[C@@H]1CCn2ccnc21.O=C=NCCCCCCCCN=C=O.O[C@@H]1CCn2ccnc21. The van der Waals surface area contributed by atoms with Gasteiger partial charge in [0, 0.05) is 82.7 Å². The molecule has 0 unspecified atom stereocenters. The molecule has 0 saturated heterocycles. The minimum absolute atomic E-state index is 0.239. The van der Waals surface area contributed by atoms with Crippen LogP contribution in [-0.2, 0) is 38.7 Å². The van der Waals surface area contributed by atoms with E-state index in [4.69, 9.17) is 9.47 Å². The van der Waals surface area contributed by atoms with Crippen LogP contribution in [0, 0.1) is 0 Å². The van der Waals surface area contributed by atoms with E-state index < -0.39 is 0 Å². The number of aryl methyl sites for hydroxylation is 3. The fourth-order valence-electron chi connectivity index (χ4n) is 6.65. The summed E-state index contributed by atoms with van der Waals surface area (Å²) >= 11 is 0. The fourth-order valence-corrected chi connectivity index (χ4v) is 6.65. The van der Waals surface area contributed by atoms with Crippen molar-refractivity contribution in [2.24, 2.45) is 9.98 Å². The molecule has 3 atom stereocenters. The largest absolute Gasteiger partial charge is 0.438 e. The van der Waals surface area contributed by atoms with Gasteiger partial charge in [0.1, 0.15) is 23.6 Å². The number of carbonyl (C=O) groups is 2. The Kier molecular flexibility index (Phi) is 19.4. The van der Waals surface area contributed by atoms with Crippen LogP contribution in [0.1, 0.15) is 132 Å². The average Bonchev–Trinajstić information content (AvgIpc) is 4.04. The molecule has 0 aromatic carbocycles. The third-order valence-corrected chi connectivity index (χ3v) is 9.58. The number of nitrogens with zero attached hydrogens (tertiary/aromatic N) is 8. The Morgan fingerprint density at radius 3 is 1.44 bits per heavy atom. The van der Waals surface area contributed by atoms with E-state index in [1.807, 2.05) is 32.3 Å². The summed E-state index contributed by atoms with van der Waals surface area (Å²) in [5.74, 6) is 2.47. The monoisotopic (exact) mass is 764 g/mol. The molecule has 3 aromatic rings. The number of aromatic nitrogens is 6. The molecular weight excluding hydrogens is 708 g/mol. The Hall–Kier alpha value is -5.11. The van der Waals surface area contributed by atoms with Gasteiger partial charge in [-0.05, 0) is 32.1 Å². The number of rotatable bonds is 20. The number of nitrogens with one attached hydrogen (secondary N) is 2. The standard InChI is InChI=1S/C22H32N6O4.C10H16N2O2.C6H8N2O/c29-21(31-17-7-13-27-15-11-23-19(17)27)25-9-5-3-1-2-4-6-10-26-22(30)32-18-8-14-28-16-12-24-20(18)28;13-9-11-7-5-3-1-2-4-6-8-12-10-14;9-5-1-3-8-4-2-7-6(5)8/h11-12,15-18H,1-10,13-14H2,(H,25,29)(H,26,30);1-8H2;2,4-5,9H,1,3H2/t17-,18-;;5-/m1.1/s1. The molecule has 3 aliphatic rings.